The fourth-order valence-electron chi connectivity index (χ4n) is 4.02. The van der Waals surface area contributed by atoms with Gasteiger partial charge in [0.05, 0.1) is 18.7 Å². The molecule has 1 atom stereocenters. The Hall–Kier alpha value is -2.95. The van der Waals surface area contributed by atoms with Gasteiger partial charge in [-0.1, -0.05) is 6.07 Å². The zero-order valence-electron chi connectivity index (χ0n) is 15.2. The molecule has 5 rings (SSSR count). The number of fused-ring (bicyclic) bond motifs is 3. The molecule has 138 valence electrons. The van der Waals surface area contributed by atoms with E-state index in [1.54, 1.807) is 6.26 Å². The lowest BCUT2D eigenvalue weighted by Crippen LogP contribution is -2.28. The standard InChI is InChI=1S/C22H21NO4/c1-13(14-5-6-19-21(8-14)27-12-26-19)23-22(24)10-17-11-25-20-9-16-4-2-3-15(16)7-18(17)20/h5-9,11,13H,2-4,10,12H2,1H3,(H,23,24). The van der Waals surface area contributed by atoms with Gasteiger partial charge in [-0.3, -0.25) is 4.79 Å². The molecule has 0 spiro atoms. The summed E-state index contributed by atoms with van der Waals surface area (Å²) in [6.07, 6.45) is 5.45. The lowest BCUT2D eigenvalue weighted by molar-refractivity contribution is -0.121. The van der Waals surface area contributed by atoms with Crippen LogP contribution >= 0.6 is 0 Å². The second kappa shape index (κ2) is 6.34. The van der Waals surface area contributed by atoms with E-state index in [1.807, 2.05) is 25.1 Å². The van der Waals surface area contributed by atoms with Gasteiger partial charge in [-0.15, -0.1) is 0 Å². The van der Waals surface area contributed by atoms with Crippen molar-refractivity contribution in [1.82, 2.24) is 5.32 Å². The third-order valence-electron chi connectivity index (χ3n) is 5.49. The number of amides is 1. The Morgan fingerprint density at radius 3 is 2.81 bits per heavy atom. The fraction of sp³-hybridized carbons (Fsp3) is 0.318. The van der Waals surface area contributed by atoms with Crippen LogP contribution in [-0.4, -0.2) is 12.7 Å². The largest absolute Gasteiger partial charge is 0.464 e. The highest BCUT2D eigenvalue weighted by Gasteiger charge is 2.19. The van der Waals surface area contributed by atoms with E-state index in [4.69, 9.17) is 13.9 Å². The third-order valence-corrected chi connectivity index (χ3v) is 5.49. The number of rotatable bonds is 4. The number of aryl methyl sites for hydroxylation is 2. The molecule has 0 bridgehead atoms. The smallest absolute Gasteiger partial charge is 0.231 e. The zero-order chi connectivity index (χ0) is 18.4. The van der Waals surface area contributed by atoms with Crippen molar-refractivity contribution in [2.75, 3.05) is 6.79 Å². The maximum absolute atomic E-state index is 12.6. The summed E-state index contributed by atoms with van der Waals surface area (Å²) >= 11 is 0. The summed E-state index contributed by atoms with van der Waals surface area (Å²) in [4.78, 5) is 12.6. The molecule has 5 heteroatoms. The predicted octanol–water partition coefficient (Wildman–Crippen LogP) is 4.07. The summed E-state index contributed by atoms with van der Waals surface area (Å²) < 4.78 is 16.5. The molecule has 2 heterocycles. The van der Waals surface area contributed by atoms with E-state index in [-0.39, 0.29) is 18.7 Å². The number of ether oxygens (including phenoxy) is 2. The Morgan fingerprint density at radius 2 is 1.93 bits per heavy atom. The van der Waals surface area contributed by atoms with Gasteiger partial charge in [0.25, 0.3) is 0 Å². The van der Waals surface area contributed by atoms with Crippen LogP contribution in [-0.2, 0) is 24.1 Å². The van der Waals surface area contributed by atoms with Crippen molar-refractivity contribution in [1.29, 1.82) is 0 Å². The van der Waals surface area contributed by atoms with Crippen molar-refractivity contribution in [3.63, 3.8) is 0 Å². The number of nitrogens with one attached hydrogen (secondary N) is 1. The number of hydrogen-bond donors (Lipinski definition) is 1. The second-order valence-electron chi connectivity index (χ2n) is 7.31. The first kappa shape index (κ1) is 16.2. The van der Waals surface area contributed by atoms with Crippen molar-refractivity contribution >= 4 is 16.9 Å². The second-order valence-corrected chi connectivity index (χ2v) is 7.31. The van der Waals surface area contributed by atoms with Gasteiger partial charge in [-0.05, 0) is 67.1 Å². The monoisotopic (exact) mass is 363 g/mol. The first-order valence-corrected chi connectivity index (χ1v) is 9.38. The lowest BCUT2D eigenvalue weighted by Gasteiger charge is -2.14. The van der Waals surface area contributed by atoms with Crippen molar-refractivity contribution in [3.05, 3.63) is 58.8 Å². The molecule has 27 heavy (non-hydrogen) atoms. The van der Waals surface area contributed by atoms with Crippen molar-refractivity contribution in [3.8, 4) is 11.5 Å². The number of benzene rings is 2. The van der Waals surface area contributed by atoms with Gasteiger partial charge in [0.2, 0.25) is 12.7 Å². The molecule has 2 aliphatic rings. The summed E-state index contributed by atoms with van der Waals surface area (Å²) in [5.41, 5.74) is 5.57. The van der Waals surface area contributed by atoms with Gasteiger partial charge in [-0.2, -0.15) is 0 Å². The maximum Gasteiger partial charge on any atom is 0.231 e. The molecule has 0 saturated carbocycles. The highest BCUT2D eigenvalue weighted by atomic mass is 16.7. The Bertz CT molecular complexity index is 1040. The van der Waals surface area contributed by atoms with E-state index in [9.17, 15) is 4.79 Å². The lowest BCUT2D eigenvalue weighted by atomic mass is 10.0. The maximum atomic E-state index is 12.6. The topological polar surface area (TPSA) is 60.7 Å². The minimum atomic E-state index is -0.116. The molecule has 1 amide bonds. The Labute approximate surface area is 157 Å². The SMILES string of the molecule is CC(NC(=O)Cc1coc2cc3c(cc12)CCC3)c1ccc2c(c1)OCO2. The molecule has 1 aliphatic heterocycles. The van der Waals surface area contributed by atoms with Crippen LogP contribution in [0.25, 0.3) is 11.0 Å². The average molecular weight is 363 g/mol. The van der Waals surface area contributed by atoms with Crippen LogP contribution in [0.2, 0.25) is 0 Å². The quantitative estimate of drug-likeness (QED) is 0.759. The molecule has 0 radical (unpaired) electrons. The first-order valence-electron chi connectivity index (χ1n) is 9.38. The Kier molecular flexibility index (Phi) is 3.81. The minimum Gasteiger partial charge on any atom is -0.464 e. The molecule has 2 aromatic carbocycles. The summed E-state index contributed by atoms with van der Waals surface area (Å²) in [5, 5.41) is 4.12. The van der Waals surface area contributed by atoms with Gasteiger partial charge in [0.1, 0.15) is 5.58 Å². The molecule has 0 saturated heterocycles. The Morgan fingerprint density at radius 1 is 1.11 bits per heavy atom. The third kappa shape index (κ3) is 2.93. The first-order chi connectivity index (χ1) is 13.2. The summed E-state index contributed by atoms with van der Waals surface area (Å²) in [6, 6.07) is 9.97. The molecule has 1 aromatic heterocycles. The Balaban J connectivity index is 1.31. The van der Waals surface area contributed by atoms with Crippen LogP contribution in [0.1, 0.15) is 41.6 Å². The van der Waals surface area contributed by atoms with Crippen LogP contribution in [0.5, 0.6) is 11.5 Å². The molecule has 3 aromatic rings. The van der Waals surface area contributed by atoms with Crippen LogP contribution in [0, 0.1) is 0 Å². The summed E-state index contributed by atoms with van der Waals surface area (Å²) in [5.74, 6) is 1.45. The van der Waals surface area contributed by atoms with Gasteiger partial charge >= 0.3 is 0 Å². The number of carbonyl (C=O) groups is 1. The van der Waals surface area contributed by atoms with Crippen LogP contribution in [0.15, 0.2) is 41.0 Å². The van der Waals surface area contributed by atoms with Crippen LogP contribution < -0.4 is 14.8 Å². The van der Waals surface area contributed by atoms with Crippen molar-refractivity contribution < 1.29 is 18.7 Å². The number of furan rings is 1. The molecular weight excluding hydrogens is 342 g/mol. The highest BCUT2D eigenvalue weighted by Crippen LogP contribution is 2.34. The molecule has 5 nitrogen and oxygen atoms in total. The van der Waals surface area contributed by atoms with Crippen molar-refractivity contribution in [2.24, 2.45) is 0 Å². The van der Waals surface area contributed by atoms with Gasteiger partial charge in [0.15, 0.2) is 11.5 Å². The predicted molar refractivity (Wildman–Crippen MR) is 101 cm³/mol. The summed E-state index contributed by atoms with van der Waals surface area (Å²) in [7, 11) is 0. The number of carbonyl (C=O) groups excluding carboxylic acids is 1. The van der Waals surface area contributed by atoms with Crippen LogP contribution in [0.3, 0.4) is 0 Å². The molecule has 1 aliphatic carbocycles. The minimum absolute atomic E-state index is 0.0247. The van der Waals surface area contributed by atoms with Gasteiger partial charge in [-0.25, -0.2) is 0 Å². The van der Waals surface area contributed by atoms with E-state index in [0.29, 0.717) is 6.42 Å². The molecular formula is C22H21NO4. The highest BCUT2D eigenvalue weighted by molar-refractivity contribution is 5.88. The average Bonchev–Trinajstić information content (AvgIpc) is 3.38. The van der Waals surface area contributed by atoms with E-state index >= 15 is 0 Å². The van der Waals surface area contributed by atoms with Crippen LogP contribution in [0.4, 0.5) is 0 Å². The molecule has 0 fully saturated rings. The molecule has 1 unspecified atom stereocenters. The van der Waals surface area contributed by atoms with E-state index in [2.05, 4.69) is 17.4 Å². The van der Waals surface area contributed by atoms with E-state index < -0.39 is 0 Å². The van der Waals surface area contributed by atoms with Gasteiger partial charge in [0, 0.05) is 10.9 Å². The fourth-order valence-corrected chi connectivity index (χ4v) is 4.02. The zero-order valence-corrected chi connectivity index (χ0v) is 15.2. The summed E-state index contributed by atoms with van der Waals surface area (Å²) in [6.45, 7) is 2.21. The molecule has 1 N–H and O–H groups in total. The van der Waals surface area contributed by atoms with Gasteiger partial charge < -0.3 is 19.2 Å². The van der Waals surface area contributed by atoms with E-state index in [1.165, 1.54) is 17.5 Å². The van der Waals surface area contributed by atoms with Crippen molar-refractivity contribution in [2.45, 2.75) is 38.6 Å². The normalized spacial score (nSPS) is 15.7. The van der Waals surface area contributed by atoms with E-state index in [0.717, 1.165) is 46.4 Å². The number of hydrogen-bond acceptors (Lipinski definition) is 4.